The fourth-order valence-corrected chi connectivity index (χ4v) is 1.89. The third kappa shape index (κ3) is 9.09. The van der Waals surface area contributed by atoms with Gasteiger partial charge in [-0.25, -0.2) is 4.79 Å². The van der Waals surface area contributed by atoms with Gasteiger partial charge >= 0.3 is 5.97 Å². The van der Waals surface area contributed by atoms with E-state index in [4.69, 9.17) is 10.2 Å². The van der Waals surface area contributed by atoms with E-state index in [-0.39, 0.29) is 25.2 Å². The number of likely N-dealkylation sites (N-methyl/N-ethyl adjacent to an activating group) is 1. The van der Waals surface area contributed by atoms with Crippen LogP contribution in [0.15, 0.2) is 0 Å². The Bertz CT molecular complexity index is 441. The number of hydrogen-bond donors (Lipinski definition) is 5. The van der Waals surface area contributed by atoms with Crippen molar-refractivity contribution in [2.75, 3.05) is 13.2 Å². The van der Waals surface area contributed by atoms with Crippen LogP contribution < -0.4 is 16.0 Å². The van der Waals surface area contributed by atoms with Crippen molar-refractivity contribution in [3.63, 3.8) is 0 Å². The summed E-state index contributed by atoms with van der Waals surface area (Å²) in [6.07, 6.45) is 1.41. The van der Waals surface area contributed by atoms with Crippen LogP contribution in [0.25, 0.3) is 0 Å². The number of carbonyl (C=O) groups excluding carboxylic acids is 3. The van der Waals surface area contributed by atoms with Gasteiger partial charge in [0.15, 0.2) is 0 Å². The quantitative estimate of drug-likeness (QED) is 0.311. The molecule has 0 aliphatic carbocycles. The number of rotatable bonds is 12. The second-order valence-corrected chi connectivity index (χ2v) is 5.30. The van der Waals surface area contributed by atoms with Gasteiger partial charge in [0.1, 0.15) is 12.1 Å². The van der Waals surface area contributed by atoms with Crippen molar-refractivity contribution in [1.29, 1.82) is 0 Å². The van der Waals surface area contributed by atoms with Gasteiger partial charge in [-0.15, -0.1) is 0 Å². The molecule has 0 spiro atoms. The van der Waals surface area contributed by atoms with Crippen LogP contribution in [0, 0.1) is 0 Å². The SMILES string of the molecule is CCCCC(=O)N[C@@H](CCC(=O)N[C@@H](CO)C(=O)NCC)C(=O)O. The number of aliphatic carboxylic acids is 1. The van der Waals surface area contributed by atoms with Crippen LogP contribution in [-0.2, 0) is 19.2 Å². The maximum Gasteiger partial charge on any atom is 0.326 e. The molecule has 0 aromatic heterocycles. The highest BCUT2D eigenvalue weighted by atomic mass is 16.4. The summed E-state index contributed by atoms with van der Waals surface area (Å²) in [7, 11) is 0. The highest BCUT2D eigenvalue weighted by molar-refractivity contribution is 5.88. The molecule has 0 aliphatic heterocycles. The Hall–Kier alpha value is -2.16. The van der Waals surface area contributed by atoms with Gasteiger partial charge in [0.2, 0.25) is 17.7 Å². The van der Waals surface area contributed by atoms with E-state index in [2.05, 4.69) is 16.0 Å². The van der Waals surface area contributed by atoms with E-state index >= 15 is 0 Å². The Morgan fingerprint density at radius 1 is 0.958 bits per heavy atom. The van der Waals surface area contributed by atoms with Crippen LogP contribution in [0.1, 0.15) is 46.0 Å². The van der Waals surface area contributed by atoms with Gasteiger partial charge in [-0.2, -0.15) is 0 Å². The summed E-state index contributed by atoms with van der Waals surface area (Å²) >= 11 is 0. The molecule has 0 aromatic carbocycles. The van der Waals surface area contributed by atoms with E-state index in [0.717, 1.165) is 6.42 Å². The Morgan fingerprint density at radius 3 is 2.04 bits per heavy atom. The van der Waals surface area contributed by atoms with Crippen LogP contribution in [0.3, 0.4) is 0 Å². The normalized spacial score (nSPS) is 12.8. The highest BCUT2D eigenvalue weighted by Gasteiger charge is 2.23. The molecular weight excluding hydrogens is 318 g/mol. The minimum Gasteiger partial charge on any atom is -0.480 e. The number of unbranched alkanes of at least 4 members (excludes halogenated alkanes) is 1. The number of aliphatic hydroxyl groups is 1. The molecule has 0 aliphatic rings. The smallest absolute Gasteiger partial charge is 0.326 e. The highest BCUT2D eigenvalue weighted by Crippen LogP contribution is 2.01. The molecule has 0 heterocycles. The summed E-state index contributed by atoms with van der Waals surface area (Å²) in [5, 5.41) is 25.4. The van der Waals surface area contributed by atoms with Crippen molar-refractivity contribution in [1.82, 2.24) is 16.0 Å². The molecule has 0 saturated carbocycles. The first-order valence-electron chi connectivity index (χ1n) is 8.05. The first-order valence-corrected chi connectivity index (χ1v) is 8.05. The summed E-state index contributed by atoms with van der Waals surface area (Å²) < 4.78 is 0. The van der Waals surface area contributed by atoms with Crippen molar-refractivity contribution < 1.29 is 29.4 Å². The number of amides is 3. The number of nitrogens with one attached hydrogen (secondary N) is 3. The molecule has 9 nitrogen and oxygen atoms in total. The summed E-state index contributed by atoms with van der Waals surface area (Å²) in [6.45, 7) is 3.41. The Balaban J connectivity index is 4.42. The van der Waals surface area contributed by atoms with Gasteiger partial charge in [-0.3, -0.25) is 14.4 Å². The molecule has 9 heteroatoms. The Kier molecular flexibility index (Phi) is 11.2. The van der Waals surface area contributed by atoms with Crippen molar-refractivity contribution in [3.8, 4) is 0 Å². The van der Waals surface area contributed by atoms with Gasteiger partial charge in [0.05, 0.1) is 6.61 Å². The lowest BCUT2D eigenvalue weighted by Gasteiger charge is -2.17. The predicted molar refractivity (Wildman–Crippen MR) is 86.0 cm³/mol. The molecular formula is C15H27N3O6. The molecule has 2 atom stereocenters. The predicted octanol–water partition coefficient (Wildman–Crippen LogP) is -0.861. The first-order chi connectivity index (χ1) is 11.3. The second kappa shape index (κ2) is 12.3. The van der Waals surface area contributed by atoms with Gasteiger partial charge in [-0.05, 0) is 19.8 Å². The van der Waals surface area contributed by atoms with E-state index < -0.39 is 36.5 Å². The zero-order valence-electron chi connectivity index (χ0n) is 14.1. The maximum absolute atomic E-state index is 11.8. The van der Waals surface area contributed by atoms with Gasteiger partial charge < -0.3 is 26.2 Å². The van der Waals surface area contributed by atoms with Crippen molar-refractivity contribution in [2.45, 2.75) is 58.0 Å². The maximum atomic E-state index is 11.8. The molecule has 0 rings (SSSR count). The summed E-state index contributed by atoms with van der Waals surface area (Å²) in [5.41, 5.74) is 0. The van der Waals surface area contributed by atoms with Crippen LogP contribution in [0.5, 0.6) is 0 Å². The third-order valence-corrected chi connectivity index (χ3v) is 3.24. The summed E-state index contributed by atoms with van der Waals surface area (Å²) in [6, 6.07) is -2.25. The zero-order valence-corrected chi connectivity index (χ0v) is 14.1. The lowest BCUT2D eigenvalue weighted by atomic mass is 10.1. The summed E-state index contributed by atoms with van der Waals surface area (Å²) in [4.78, 5) is 46.1. The molecule has 3 amide bonds. The minimum absolute atomic E-state index is 0.105. The number of hydrogen-bond acceptors (Lipinski definition) is 5. The second-order valence-electron chi connectivity index (χ2n) is 5.30. The van der Waals surface area contributed by atoms with Crippen molar-refractivity contribution in [2.24, 2.45) is 0 Å². The Morgan fingerprint density at radius 2 is 1.54 bits per heavy atom. The standard InChI is InChI=1S/C15H27N3O6/c1-3-5-6-12(20)17-10(15(23)24)7-8-13(21)18-11(9-19)14(22)16-4-2/h10-11,19H,3-9H2,1-2H3,(H,16,22)(H,17,20)(H,18,21)(H,23,24)/t10-,11-/m0/s1. The zero-order chi connectivity index (χ0) is 18.5. The topological polar surface area (TPSA) is 145 Å². The number of carbonyl (C=O) groups is 4. The lowest BCUT2D eigenvalue weighted by Crippen LogP contribution is -2.49. The van der Waals surface area contributed by atoms with E-state index in [1.54, 1.807) is 6.92 Å². The molecule has 0 fully saturated rings. The van der Waals surface area contributed by atoms with E-state index in [1.165, 1.54) is 0 Å². The third-order valence-electron chi connectivity index (χ3n) is 3.24. The molecule has 0 aromatic rings. The average molecular weight is 345 g/mol. The monoisotopic (exact) mass is 345 g/mol. The van der Waals surface area contributed by atoms with E-state index in [9.17, 15) is 19.2 Å². The van der Waals surface area contributed by atoms with Crippen LogP contribution >= 0.6 is 0 Å². The Labute approximate surface area is 141 Å². The molecule has 0 radical (unpaired) electrons. The molecule has 5 N–H and O–H groups in total. The fourth-order valence-electron chi connectivity index (χ4n) is 1.89. The first kappa shape index (κ1) is 21.8. The van der Waals surface area contributed by atoms with Gasteiger partial charge in [0, 0.05) is 19.4 Å². The fraction of sp³-hybridized carbons (Fsp3) is 0.733. The van der Waals surface area contributed by atoms with Gasteiger partial charge in [0.25, 0.3) is 0 Å². The van der Waals surface area contributed by atoms with Crippen molar-refractivity contribution in [3.05, 3.63) is 0 Å². The van der Waals surface area contributed by atoms with Crippen LogP contribution in [-0.4, -0.2) is 59.1 Å². The van der Waals surface area contributed by atoms with Crippen molar-refractivity contribution >= 4 is 23.7 Å². The number of carboxylic acid groups (broad SMARTS) is 1. The number of carboxylic acids is 1. The molecule has 0 bridgehead atoms. The molecule has 138 valence electrons. The molecule has 24 heavy (non-hydrogen) atoms. The van der Waals surface area contributed by atoms with E-state index in [0.29, 0.717) is 13.0 Å². The average Bonchev–Trinajstić information content (AvgIpc) is 2.54. The van der Waals surface area contributed by atoms with Crippen LogP contribution in [0.2, 0.25) is 0 Å². The van der Waals surface area contributed by atoms with Gasteiger partial charge in [-0.1, -0.05) is 13.3 Å². The summed E-state index contributed by atoms with van der Waals surface area (Å²) in [5.74, 6) is -2.69. The largest absolute Gasteiger partial charge is 0.480 e. The minimum atomic E-state index is -1.23. The molecule has 0 saturated heterocycles. The molecule has 0 unspecified atom stereocenters. The van der Waals surface area contributed by atoms with E-state index in [1.807, 2.05) is 6.92 Å². The lowest BCUT2D eigenvalue weighted by molar-refractivity contribution is -0.142. The van der Waals surface area contributed by atoms with Crippen LogP contribution in [0.4, 0.5) is 0 Å². The number of aliphatic hydroxyl groups excluding tert-OH is 1.